The fourth-order valence-corrected chi connectivity index (χ4v) is 3.75. The van der Waals surface area contributed by atoms with Crippen molar-refractivity contribution >= 4 is 17.2 Å². The number of nitrogens with two attached hydrogens (primary N) is 1. The van der Waals surface area contributed by atoms with E-state index in [2.05, 4.69) is 4.98 Å². The molecule has 1 amide bonds. The average Bonchev–Trinajstić information content (AvgIpc) is 3.05. The predicted molar refractivity (Wildman–Crippen MR) is 89.0 cm³/mol. The van der Waals surface area contributed by atoms with Gasteiger partial charge in [0, 0.05) is 30.9 Å². The van der Waals surface area contributed by atoms with E-state index in [1.807, 2.05) is 4.90 Å². The van der Waals surface area contributed by atoms with Crippen molar-refractivity contribution in [3.05, 3.63) is 51.7 Å². The summed E-state index contributed by atoms with van der Waals surface area (Å²) in [5, 5.41) is 2.51. The molecule has 6 heteroatoms. The highest BCUT2D eigenvalue weighted by Gasteiger charge is 2.27. The summed E-state index contributed by atoms with van der Waals surface area (Å²) in [7, 11) is 0. The molecule has 2 heterocycles. The van der Waals surface area contributed by atoms with Crippen LogP contribution in [-0.4, -0.2) is 34.9 Å². The number of piperidine rings is 1. The van der Waals surface area contributed by atoms with Crippen molar-refractivity contribution in [1.82, 2.24) is 9.88 Å². The summed E-state index contributed by atoms with van der Waals surface area (Å²) in [6.45, 7) is 1.22. The molecule has 23 heavy (non-hydrogen) atoms. The lowest BCUT2D eigenvalue weighted by molar-refractivity contribution is 0.0618. The minimum absolute atomic E-state index is 0.0591. The van der Waals surface area contributed by atoms with E-state index in [9.17, 15) is 9.18 Å². The Hall–Kier alpha value is -1.79. The zero-order valence-electron chi connectivity index (χ0n) is 12.9. The zero-order chi connectivity index (χ0) is 16.2. The third kappa shape index (κ3) is 3.59. The third-order valence-corrected chi connectivity index (χ3v) is 5.08. The van der Waals surface area contributed by atoms with Crippen LogP contribution >= 0.6 is 11.3 Å². The van der Waals surface area contributed by atoms with Gasteiger partial charge < -0.3 is 10.6 Å². The molecule has 1 aromatic carbocycles. The number of aromatic nitrogens is 1. The number of likely N-dealkylation sites (tertiary alicyclic amines) is 1. The molecule has 2 aromatic rings. The van der Waals surface area contributed by atoms with Crippen LogP contribution in [0.5, 0.6) is 0 Å². The van der Waals surface area contributed by atoms with Crippen LogP contribution in [0.4, 0.5) is 4.39 Å². The molecule has 1 unspecified atom stereocenters. The highest BCUT2D eigenvalue weighted by atomic mass is 32.1. The van der Waals surface area contributed by atoms with Crippen LogP contribution in [-0.2, 0) is 6.42 Å². The van der Waals surface area contributed by atoms with E-state index in [0.29, 0.717) is 24.2 Å². The van der Waals surface area contributed by atoms with Crippen LogP contribution in [0.15, 0.2) is 29.6 Å². The molecule has 0 bridgehead atoms. The Kier molecular flexibility index (Phi) is 5.03. The Balaban J connectivity index is 1.73. The molecule has 1 atom stereocenters. The maximum atomic E-state index is 13.7. The second-order valence-electron chi connectivity index (χ2n) is 5.78. The van der Waals surface area contributed by atoms with Crippen LogP contribution < -0.4 is 5.73 Å². The highest BCUT2D eigenvalue weighted by molar-refractivity contribution is 7.09. The van der Waals surface area contributed by atoms with E-state index in [1.165, 1.54) is 17.4 Å². The normalized spacial score (nSPS) is 18.2. The molecule has 0 radical (unpaired) electrons. The number of amides is 1. The Morgan fingerprint density at radius 3 is 3.00 bits per heavy atom. The first kappa shape index (κ1) is 16.1. The Morgan fingerprint density at radius 1 is 1.39 bits per heavy atom. The molecule has 0 aliphatic carbocycles. The van der Waals surface area contributed by atoms with Crippen molar-refractivity contribution in [3.8, 4) is 0 Å². The summed E-state index contributed by atoms with van der Waals surface area (Å²) in [6, 6.07) is 6.76. The van der Waals surface area contributed by atoms with Crippen molar-refractivity contribution in [2.24, 2.45) is 5.73 Å². The van der Waals surface area contributed by atoms with Gasteiger partial charge in [0.1, 0.15) is 11.5 Å². The van der Waals surface area contributed by atoms with Gasteiger partial charge in [0.05, 0.1) is 5.01 Å². The second kappa shape index (κ2) is 7.19. The van der Waals surface area contributed by atoms with E-state index >= 15 is 0 Å². The number of halogens is 1. The number of carbonyl (C=O) groups excluding carboxylic acids is 1. The Morgan fingerprint density at radius 2 is 2.22 bits per heavy atom. The summed E-state index contributed by atoms with van der Waals surface area (Å²) in [6.07, 6.45) is 3.48. The number of nitrogens with zero attached hydrogens (tertiary/aromatic N) is 2. The maximum Gasteiger partial charge on any atom is 0.273 e. The van der Waals surface area contributed by atoms with Crippen molar-refractivity contribution in [3.63, 3.8) is 0 Å². The monoisotopic (exact) mass is 333 g/mol. The molecule has 1 saturated heterocycles. The summed E-state index contributed by atoms with van der Waals surface area (Å²) < 4.78 is 13.7. The SMILES string of the molecule is NCC1CCCCN1C(=O)c1csc(Cc2ccccc2F)n1. The van der Waals surface area contributed by atoms with Gasteiger partial charge in [-0.1, -0.05) is 18.2 Å². The fraction of sp³-hybridized carbons (Fsp3) is 0.412. The van der Waals surface area contributed by atoms with E-state index in [1.54, 1.807) is 23.6 Å². The number of thiazole rings is 1. The minimum atomic E-state index is -0.241. The van der Waals surface area contributed by atoms with Crippen LogP contribution in [0.25, 0.3) is 0 Å². The summed E-state index contributed by atoms with van der Waals surface area (Å²) >= 11 is 1.40. The Labute approximate surface area is 139 Å². The first-order valence-corrected chi connectivity index (χ1v) is 8.76. The van der Waals surface area contributed by atoms with Gasteiger partial charge in [-0.2, -0.15) is 0 Å². The van der Waals surface area contributed by atoms with Crippen molar-refractivity contribution in [1.29, 1.82) is 0 Å². The molecule has 0 saturated carbocycles. The summed E-state index contributed by atoms with van der Waals surface area (Å²) in [4.78, 5) is 18.9. The van der Waals surface area contributed by atoms with Crippen LogP contribution in [0.2, 0.25) is 0 Å². The molecule has 1 fully saturated rings. The lowest BCUT2D eigenvalue weighted by Gasteiger charge is -2.34. The number of carbonyl (C=O) groups is 1. The lowest BCUT2D eigenvalue weighted by Crippen LogP contribution is -2.47. The smallest absolute Gasteiger partial charge is 0.273 e. The van der Waals surface area contributed by atoms with Gasteiger partial charge in [-0.05, 0) is 30.9 Å². The van der Waals surface area contributed by atoms with E-state index in [4.69, 9.17) is 5.73 Å². The summed E-state index contributed by atoms with van der Waals surface area (Å²) in [5.74, 6) is -0.300. The van der Waals surface area contributed by atoms with Crippen molar-refractivity contribution in [2.75, 3.05) is 13.1 Å². The molecule has 2 N–H and O–H groups in total. The van der Waals surface area contributed by atoms with Crippen LogP contribution in [0.3, 0.4) is 0 Å². The van der Waals surface area contributed by atoms with E-state index in [-0.39, 0.29) is 17.8 Å². The lowest BCUT2D eigenvalue weighted by atomic mass is 10.0. The molecule has 1 aliphatic rings. The molecule has 3 rings (SSSR count). The van der Waals surface area contributed by atoms with Gasteiger partial charge in [-0.3, -0.25) is 4.79 Å². The summed E-state index contributed by atoms with van der Waals surface area (Å²) in [5.41, 5.74) is 6.82. The van der Waals surface area contributed by atoms with Crippen molar-refractivity contribution in [2.45, 2.75) is 31.7 Å². The third-order valence-electron chi connectivity index (χ3n) is 4.23. The van der Waals surface area contributed by atoms with Gasteiger partial charge in [-0.25, -0.2) is 9.37 Å². The topological polar surface area (TPSA) is 59.2 Å². The zero-order valence-corrected chi connectivity index (χ0v) is 13.7. The predicted octanol–water partition coefficient (Wildman–Crippen LogP) is 2.83. The molecular formula is C17H20FN3OS. The molecular weight excluding hydrogens is 313 g/mol. The van der Waals surface area contributed by atoms with Gasteiger partial charge >= 0.3 is 0 Å². The standard InChI is InChI=1S/C17H20FN3OS/c18-14-7-2-1-5-12(14)9-16-20-15(11-23-16)17(22)21-8-4-3-6-13(21)10-19/h1-2,5,7,11,13H,3-4,6,8-10,19H2. The molecule has 4 nitrogen and oxygen atoms in total. The number of hydrogen-bond acceptors (Lipinski definition) is 4. The first-order chi connectivity index (χ1) is 11.2. The van der Waals surface area contributed by atoms with Gasteiger partial charge in [0.2, 0.25) is 0 Å². The van der Waals surface area contributed by atoms with Crippen molar-refractivity contribution < 1.29 is 9.18 Å². The van der Waals surface area contributed by atoms with E-state index in [0.717, 1.165) is 30.8 Å². The molecule has 0 spiro atoms. The number of rotatable bonds is 4. The quantitative estimate of drug-likeness (QED) is 0.936. The molecule has 1 aromatic heterocycles. The average molecular weight is 333 g/mol. The largest absolute Gasteiger partial charge is 0.333 e. The highest BCUT2D eigenvalue weighted by Crippen LogP contribution is 2.21. The van der Waals surface area contributed by atoms with Gasteiger partial charge in [-0.15, -0.1) is 11.3 Å². The maximum absolute atomic E-state index is 13.7. The first-order valence-electron chi connectivity index (χ1n) is 7.88. The molecule has 122 valence electrons. The Bertz CT molecular complexity index is 688. The van der Waals surface area contributed by atoms with Gasteiger partial charge in [0.15, 0.2) is 0 Å². The van der Waals surface area contributed by atoms with E-state index < -0.39 is 0 Å². The van der Waals surface area contributed by atoms with Crippen LogP contribution in [0, 0.1) is 5.82 Å². The van der Waals surface area contributed by atoms with Crippen LogP contribution in [0.1, 0.15) is 40.3 Å². The number of hydrogen-bond donors (Lipinski definition) is 1. The fourth-order valence-electron chi connectivity index (χ4n) is 2.96. The number of benzene rings is 1. The van der Waals surface area contributed by atoms with Gasteiger partial charge in [0.25, 0.3) is 5.91 Å². The minimum Gasteiger partial charge on any atom is -0.333 e. The molecule has 1 aliphatic heterocycles. The second-order valence-corrected chi connectivity index (χ2v) is 6.72.